The molecule has 1 N–H and O–H groups in total. The molecule has 4 heterocycles. The molecule has 1 aromatic heterocycles. The van der Waals surface area contributed by atoms with Crippen molar-refractivity contribution in [2.24, 2.45) is 0 Å². The lowest BCUT2D eigenvalue weighted by molar-refractivity contribution is 0.0216. The van der Waals surface area contributed by atoms with Gasteiger partial charge in [0.15, 0.2) is 5.58 Å². The van der Waals surface area contributed by atoms with Crippen LogP contribution in [0.25, 0.3) is 11.1 Å². The van der Waals surface area contributed by atoms with Gasteiger partial charge in [-0.25, -0.2) is 4.79 Å². The van der Waals surface area contributed by atoms with Gasteiger partial charge in [-0.15, -0.1) is 0 Å². The Morgan fingerprint density at radius 1 is 1.14 bits per heavy atom. The standard InChI is InChI=1S/C27H39N5O4/c1-17-16-31(26(34)36-27(2,3)4)12-13-32(17)25-29-23-21(10-7-11-22(23)35-25)24(33)28-18-14-19-8-6-9-20(15-18)30(19)5/h7,10-11,17-20H,6,8-9,12-16H2,1-5H3,(H,28,33)/t17-,18?,19?,20?/m1/s1. The predicted octanol–water partition coefficient (Wildman–Crippen LogP) is 4.02. The Hall–Kier alpha value is -2.81. The highest BCUT2D eigenvalue weighted by molar-refractivity contribution is 6.04. The van der Waals surface area contributed by atoms with Crippen molar-refractivity contribution in [1.29, 1.82) is 0 Å². The summed E-state index contributed by atoms with van der Waals surface area (Å²) in [6.07, 6.45) is 5.40. The number of carbonyl (C=O) groups is 2. The van der Waals surface area contributed by atoms with Crippen LogP contribution in [0.15, 0.2) is 22.6 Å². The second kappa shape index (κ2) is 9.57. The molecule has 9 nitrogen and oxygen atoms in total. The number of piperazine rings is 1. The molecule has 2 unspecified atom stereocenters. The van der Waals surface area contributed by atoms with Gasteiger partial charge in [-0.1, -0.05) is 12.5 Å². The lowest BCUT2D eigenvalue weighted by atomic mass is 9.82. The van der Waals surface area contributed by atoms with Crippen molar-refractivity contribution in [1.82, 2.24) is 20.1 Å². The van der Waals surface area contributed by atoms with Gasteiger partial charge in [-0.3, -0.25) is 4.79 Å². The first-order valence-electron chi connectivity index (χ1n) is 13.3. The number of fused-ring (bicyclic) bond motifs is 3. The Balaban J connectivity index is 1.28. The van der Waals surface area contributed by atoms with E-state index in [-0.39, 0.29) is 24.1 Å². The molecule has 3 fully saturated rings. The van der Waals surface area contributed by atoms with Gasteiger partial charge in [0.25, 0.3) is 11.9 Å². The fraction of sp³-hybridized carbons (Fsp3) is 0.667. The van der Waals surface area contributed by atoms with Crippen LogP contribution < -0.4 is 10.2 Å². The summed E-state index contributed by atoms with van der Waals surface area (Å²) in [5.74, 6) is -0.0872. The van der Waals surface area contributed by atoms with Crippen LogP contribution in [-0.2, 0) is 4.74 Å². The molecule has 3 saturated heterocycles. The minimum Gasteiger partial charge on any atom is -0.444 e. The van der Waals surface area contributed by atoms with Crippen LogP contribution in [0.2, 0.25) is 0 Å². The number of piperidine rings is 2. The van der Waals surface area contributed by atoms with Crippen LogP contribution in [-0.4, -0.2) is 83.2 Å². The number of carbonyl (C=O) groups excluding carboxylic acids is 2. The highest BCUT2D eigenvalue weighted by atomic mass is 16.6. The molecule has 0 aliphatic carbocycles. The second-order valence-electron chi connectivity index (χ2n) is 11.7. The maximum atomic E-state index is 13.3. The molecule has 1 aromatic carbocycles. The van der Waals surface area contributed by atoms with E-state index >= 15 is 0 Å². The lowest BCUT2D eigenvalue weighted by Crippen LogP contribution is -2.55. The monoisotopic (exact) mass is 497 g/mol. The Labute approximate surface area is 213 Å². The third-order valence-electron chi connectivity index (χ3n) is 7.85. The van der Waals surface area contributed by atoms with Crippen molar-refractivity contribution in [2.75, 3.05) is 31.6 Å². The number of amides is 2. The fourth-order valence-corrected chi connectivity index (χ4v) is 5.97. The fourth-order valence-electron chi connectivity index (χ4n) is 5.97. The highest BCUT2D eigenvalue weighted by Gasteiger charge is 2.37. The van der Waals surface area contributed by atoms with E-state index in [0.717, 1.165) is 12.8 Å². The molecular weight excluding hydrogens is 458 g/mol. The number of hydrogen-bond acceptors (Lipinski definition) is 7. The van der Waals surface area contributed by atoms with E-state index in [2.05, 4.69) is 22.2 Å². The van der Waals surface area contributed by atoms with E-state index in [4.69, 9.17) is 14.1 Å². The van der Waals surface area contributed by atoms with Crippen LogP contribution >= 0.6 is 0 Å². The quantitative estimate of drug-likeness (QED) is 0.685. The first kappa shape index (κ1) is 24.9. The summed E-state index contributed by atoms with van der Waals surface area (Å²) < 4.78 is 11.6. The molecular formula is C27H39N5O4. The van der Waals surface area contributed by atoms with Gasteiger partial charge < -0.3 is 29.2 Å². The number of rotatable bonds is 3. The van der Waals surface area contributed by atoms with Gasteiger partial charge >= 0.3 is 6.09 Å². The van der Waals surface area contributed by atoms with Crippen molar-refractivity contribution in [2.45, 2.75) is 89.6 Å². The number of nitrogens with one attached hydrogen (secondary N) is 1. The summed E-state index contributed by atoms with van der Waals surface area (Å²) in [7, 11) is 2.22. The molecule has 3 aliphatic rings. The Morgan fingerprint density at radius 3 is 2.53 bits per heavy atom. The minimum atomic E-state index is -0.527. The summed E-state index contributed by atoms with van der Waals surface area (Å²) in [6.45, 7) is 9.26. The molecule has 2 amide bonds. The Morgan fingerprint density at radius 2 is 1.86 bits per heavy atom. The van der Waals surface area contributed by atoms with Crippen LogP contribution in [0.1, 0.15) is 70.2 Å². The Bertz CT molecular complexity index is 1110. The number of aromatic nitrogens is 1. The largest absolute Gasteiger partial charge is 0.444 e. The molecule has 9 heteroatoms. The molecule has 0 saturated carbocycles. The average molecular weight is 498 g/mol. The molecule has 2 bridgehead atoms. The zero-order valence-corrected chi connectivity index (χ0v) is 22.1. The molecule has 2 aromatic rings. The summed E-state index contributed by atoms with van der Waals surface area (Å²) in [6, 6.07) is 7.29. The third kappa shape index (κ3) is 5.03. The normalized spacial score (nSPS) is 27.2. The molecule has 5 rings (SSSR count). The number of anilines is 1. The number of benzene rings is 1. The smallest absolute Gasteiger partial charge is 0.410 e. The summed E-state index contributed by atoms with van der Waals surface area (Å²) in [5.41, 5.74) is 1.20. The van der Waals surface area contributed by atoms with Crippen molar-refractivity contribution in [3.8, 4) is 0 Å². The number of oxazole rings is 1. The maximum absolute atomic E-state index is 13.3. The van der Waals surface area contributed by atoms with Gasteiger partial charge in [-0.05, 0) is 72.6 Å². The molecule has 3 aliphatic heterocycles. The van der Waals surface area contributed by atoms with E-state index in [1.807, 2.05) is 45.9 Å². The van der Waals surface area contributed by atoms with Crippen LogP contribution in [0.5, 0.6) is 0 Å². The molecule has 36 heavy (non-hydrogen) atoms. The summed E-state index contributed by atoms with van der Waals surface area (Å²) in [5, 5.41) is 3.29. The maximum Gasteiger partial charge on any atom is 0.410 e. The highest BCUT2D eigenvalue weighted by Crippen LogP contribution is 2.33. The van der Waals surface area contributed by atoms with E-state index < -0.39 is 5.60 Å². The van der Waals surface area contributed by atoms with E-state index in [1.165, 1.54) is 19.3 Å². The van der Waals surface area contributed by atoms with Crippen molar-refractivity contribution in [3.63, 3.8) is 0 Å². The predicted molar refractivity (Wildman–Crippen MR) is 138 cm³/mol. The minimum absolute atomic E-state index is 0.00440. The molecule has 0 radical (unpaired) electrons. The SMILES string of the molecule is C[C@@H]1CN(C(=O)OC(C)(C)C)CCN1c1nc2c(C(=O)NC3CC4CCCC(C3)N4C)cccc2o1. The molecule has 3 atom stereocenters. The van der Waals surface area contributed by atoms with E-state index in [1.54, 1.807) is 4.90 Å². The van der Waals surface area contributed by atoms with E-state index in [0.29, 0.717) is 54.4 Å². The zero-order valence-electron chi connectivity index (χ0n) is 22.1. The van der Waals surface area contributed by atoms with Gasteiger partial charge in [0.1, 0.15) is 11.1 Å². The molecule has 0 spiro atoms. The first-order chi connectivity index (χ1) is 17.1. The Kier molecular flexibility index (Phi) is 6.61. The third-order valence-corrected chi connectivity index (χ3v) is 7.85. The zero-order chi connectivity index (χ0) is 25.6. The van der Waals surface area contributed by atoms with Crippen molar-refractivity contribution < 1.29 is 18.7 Å². The molecule has 196 valence electrons. The topological polar surface area (TPSA) is 91.1 Å². The number of para-hydroxylation sites is 1. The first-order valence-corrected chi connectivity index (χ1v) is 13.3. The lowest BCUT2D eigenvalue weighted by Gasteiger charge is -2.47. The van der Waals surface area contributed by atoms with Crippen LogP contribution in [0.4, 0.5) is 10.8 Å². The van der Waals surface area contributed by atoms with E-state index in [9.17, 15) is 9.59 Å². The van der Waals surface area contributed by atoms with Crippen LogP contribution in [0.3, 0.4) is 0 Å². The number of hydrogen-bond donors (Lipinski definition) is 1. The van der Waals surface area contributed by atoms with Crippen LogP contribution in [0, 0.1) is 0 Å². The van der Waals surface area contributed by atoms with Gasteiger partial charge in [-0.2, -0.15) is 4.98 Å². The van der Waals surface area contributed by atoms with Gasteiger partial charge in [0.05, 0.1) is 5.56 Å². The van der Waals surface area contributed by atoms with Crippen molar-refractivity contribution in [3.05, 3.63) is 23.8 Å². The van der Waals surface area contributed by atoms with Crippen molar-refractivity contribution >= 4 is 29.1 Å². The number of nitrogens with zero attached hydrogens (tertiary/aromatic N) is 4. The average Bonchev–Trinajstić information content (AvgIpc) is 3.22. The van der Waals surface area contributed by atoms with Gasteiger partial charge in [0, 0.05) is 43.8 Å². The summed E-state index contributed by atoms with van der Waals surface area (Å²) in [4.78, 5) is 36.9. The number of ether oxygens (including phenoxy) is 1. The second-order valence-corrected chi connectivity index (χ2v) is 11.7. The van der Waals surface area contributed by atoms with Gasteiger partial charge in [0.2, 0.25) is 0 Å². The summed E-state index contributed by atoms with van der Waals surface area (Å²) >= 11 is 0.